The van der Waals surface area contributed by atoms with Crippen molar-refractivity contribution in [2.24, 2.45) is 5.73 Å². The summed E-state index contributed by atoms with van der Waals surface area (Å²) in [5.41, 5.74) is 6.51. The van der Waals surface area contributed by atoms with Crippen LogP contribution in [0.25, 0.3) is 0 Å². The summed E-state index contributed by atoms with van der Waals surface area (Å²) in [5.74, 6) is 1.12. The Bertz CT molecular complexity index is 367. The van der Waals surface area contributed by atoms with Gasteiger partial charge in [0.2, 0.25) is 0 Å². The molecule has 0 unspecified atom stereocenters. The van der Waals surface area contributed by atoms with Gasteiger partial charge in [-0.1, -0.05) is 51.2 Å². The largest absolute Gasteiger partial charge is 0.389 e. The average molecular weight is 282 g/mol. The van der Waals surface area contributed by atoms with Gasteiger partial charge in [-0.3, -0.25) is 0 Å². The summed E-state index contributed by atoms with van der Waals surface area (Å²) < 4.78 is 0. The van der Waals surface area contributed by atoms with E-state index in [1.54, 1.807) is 18.0 Å². The van der Waals surface area contributed by atoms with Crippen molar-refractivity contribution in [1.82, 2.24) is 4.98 Å². The normalized spacial score (nSPS) is 10.5. The fourth-order valence-electron chi connectivity index (χ4n) is 1.70. The van der Waals surface area contributed by atoms with E-state index in [1.165, 1.54) is 38.5 Å². The van der Waals surface area contributed by atoms with E-state index < -0.39 is 0 Å². The van der Waals surface area contributed by atoms with E-state index >= 15 is 0 Å². The first-order chi connectivity index (χ1) is 8.74. The van der Waals surface area contributed by atoms with Crippen LogP contribution in [0.5, 0.6) is 0 Å². The van der Waals surface area contributed by atoms with Gasteiger partial charge < -0.3 is 5.73 Å². The van der Waals surface area contributed by atoms with Crippen LogP contribution in [0.15, 0.2) is 23.4 Å². The predicted octanol–water partition coefficient (Wildman–Crippen LogP) is 4.17. The lowest BCUT2D eigenvalue weighted by atomic mass is 10.1. The first-order valence-corrected chi connectivity index (χ1v) is 8.02. The third-order valence-corrected chi connectivity index (χ3v) is 4.01. The van der Waals surface area contributed by atoms with Crippen LogP contribution in [-0.4, -0.2) is 15.7 Å². The van der Waals surface area contributed by atoms with E-state index in [0.717, 1.165) is 16.3 Å². The Balaban J connectivity index is 2.19. The topological polar surface area (TPSA) is 38.9 Å². The Labute approximate surface area is 120 Å². The fraction of sp³-hybridized carbons (Fsp3) is 0.571. The van der Waals surface area contributed by atoms with Gasteiger partial charge in [0.25, 0.3) is 0 Å². The minimum Gasteiger partial charge on any atom is -0.389 e. The summed E-state index contributed by atoms with van der Waals surface area (Å²) in [6.45, 7) is 2.25. The molecule has 1 aromatic rings. The molecule has 18 heavy (non-hydrogen) atoms. The number of rotatable bonds is 9. The highest BCUT2D eigenvalue weighted by Gasteiger charge is 2.00. The maximum absolute atomic E-state index is 5.60. The second kappa shape index (κ2) is 9.34. The molecule has 0 saturated heterocycles. The summed E-state index contributed by atoms with van der Waals surface area (Å²) in [7, 11) is 0. The van der Waals surface area contributed by atoms with Crippen LogP contribution in [0.2, 0.25) is 0 Å². The third-order valence-electron chi connectivity index (χ3n) is 2.77. The Morgan fingerprint density at radius 2 is 2.00 bits per heavy atom. The van der Waals surface area contributed by atoms with Crippen LogP contribution in [0.3, 0.4) is 0 Å². The number of hydrogen-bond donors (Lipinski definition) is 1. The standard InChI is InChI=1S/C14H22N2S2/c1-2-3-4-5-6-7-10-18-13-11-12(14(15)17)8-9-16-13/h8-9,11H,2-7,10H2,1H3,(H2,15,17). The van der Waals surface area contributed by atoms with Crippen LogP contribution in [-0.2, 0) is 0 Å². The predicted molar refractivity (Wildman–Crippen MR) is 84.2 cm³/mol. The second-order valence-electron chi connectivity index (χ2n) is 4.36. The van der Waals surface area contributed by atoms with Crippen molar-refractivity contribution < 1.29 is 0 Å². The van der Waals surface area contributed by atoms with E-state index in [4.69, 9.17) is 18.0 Å². The van der Waals surface area contributed by atoms with Gasteiger partial charge >= 0.3 is 0 Å². The highest BCUT2D eigenvalue weighted by Crippen LogP contribution is 2.18. The van der Waals surface area contributed by atoms with Crippen LogP contribution in [0.1, 0.15) is 51.0 Å². The zero-order valence-corrected chi connectivity index (χ0v) is 12.7. The van der Waals surface area contributed by atoms with Crippen molar-refractivity contribution in [3.05, 3.63) is 23.9 Å². The van der Waals surface area contributed by atoms with Crippen molar-refractivity contribution in [1.29, 1.82) is 0 Å². The quantitative estimate of drug-likeness (QED) is 0.419. The van der Waals surface area contributed by atoms with Crippen LogP contribution in [0, 0.1) is 0 Å². The number of nitrogens with two attached hydrogens (primary N) is 1. The van der Waals surface area contributed by atoms with Crippen LogP contribution >= 0.6 is 24.0 Å². The minimum atomic E-state index is 0.443. The molecule has 0 saturated carbocycles. The molecule has 4 heteroatoms. The molecule has 0 aliphatic carbocycles. The molecule has 0 bridgehead atoms. The molecular weight excluding hydrogens is 260 g/mol. The zero-order chi connectivity index (χ0) is 13.2. The molecule has 0 aliphatic rings. The van der Waals surface area contributed by atoms with Crippen LogP contribution < -0.4 is 5.73 Å². The van der Waals surface area contributed by atoms with Crippen molar-refractivity contribution in [2.75, 3.05) is 5.75 Å². The molecule has 0 spiro atoms. The number of thioether (sulfide) groups is 1. The Morgan fingerprint density at radius 1 is 1.28 bits per heavy atom. The Morgan fingerprint density at radius 3 is 2.72 bits per heavy atom. The summed E-state index contributed by atoms with van der Waals surface area (Å²) in [6.07, 6.45) is 9.76. The third kappa shape index (κ3) is 6.36. The highest BCUT2D eigenvalue weighted by molar-refractivity contribution is 7.99. The van der Waals surface area contributed by atoms with E-state index in [0.29, 0.717) is 4.99 Å². The molecule has 1 heterocycles. The molecule has 0 fully saturated rings. The van der Waals surface area contributed by atoms with Gasteiger partial charge in [-0.05, 0) is 24.3 Å². The van der Waals surface area contributed by atoms with Gasteiger partial charge in [0.1, 0.15) is 4.99 Å². The SMILES string of the molecule is CCCCCCCCSc1cc(C(N)=S)ccn1. The maximum Gasteiger partial charge on any atom is 0.104 e. The number of pyridine rings is 1. The van der Waals surface area contributed by atoms with Gasteiger partial charge in [0.15, 0.2) is 0 Å². The van der Waals surface area contributed by atoms with E-state index in [-0.39, 0.29) is 0 Å². The van der Waals surface area contributed by atoms with E-state index in [1.807, 2.05) is 12.1 Å². The van der Waals surface area contributed by atoms with Crippen molar-refractivity contribution >= 4 is 29.0 Å². The Hall–Kier alpha value is -0.610. The summed E-state index contributed by atoms with van der Waals surface area (Å²) in [6, 6.07) is 3.83. The van der Waals surface area contributed by atoms with Crippen molar-refractivity contribution in [3.8, 4) is 0 Å². The molecule has 100 valence electrons. The molecule has 2 N–H and O–H groups in total. The molecular formula is C14H22N2S2. The van der Waals surface area contributed by atoms with Gasteiger partial charge in [0, 0.05) is 11.8 Å². The molecule has 0 aliphatic heterocycles. The molecule has 0 amide bonds. The smallest absolute Gasteiger partial charge is 0.104 e. The van der Waals surface area contributed by atoms with Gasteiger partial charge in [0.05, 0.1) is 5.03 Å². The zero-order valence-electron chi connectivity index (χ0n) is 11.0. The van der Waals surface area contributed by atoms with E-state index in [9.17, 15) is 0 Å². The van der Waals surface area contributed by atoms with Gasteiger partial charge in [-0.25, -0.2) is 4.98 Å². The van der Waals surface area contributed by atoms with Crippen molar-refractivity contribution in [2.45, 2.75) is 50.5 Å². The molecule has 0 aromatic carbocycles. The summed E-state index contributed by atoms with van der Waals surface area (Å²) in [5, 5.41) is 1.02. The van der Waals surface area contributed by atoms with Crippen LogP contribution in [0.4, 0.5) is 0 Å². The number of hydrogen-bond acceptors (Lipinski definition) is 3. The molecule has 2 nitrogen and oxygen atoms in total. The first kappa shape index (κ1) is 15.4. The van der Waals surface area contributed by atoms with E-state index in [2.05, 4.69) is 11.9 Å². The average Bonchev–Trinajstić information content (AvgIpc) is 2.38. The number of unbranched alkanes of at least 4 members (excludes halogenated alkanes) is 5. The van der Waals surface area contributed by atoms with Crippen molar-refractivity contribution in [3.63, 3.8) is 0 Å². The van der Waals surface area contributed by atoms with Gasteiger partial charge in [-0.15, -0.1) is 11.8 Å². The maximum atomic E-state index is 5.60. The summed E-state index contributed by atoms with van der Waals surface area (Å²) >= 11 is 6.75. The lowest BCUT2D eigenvalue weighted by Crippen LogP contribution is -2.09. The number of thiocarbonyl (C=S) groups is 1. The first-order valence-electron chi connectivity index (χ1n) is 6.62. The minimum absolute atomic E-state index is 0.443. The molecule has 0 radical (unpaired) electrons. The monoisotopic (exact) mass is 282 g/mol. The molecule has 0 atom stereocenters. The molecule has 1 rings (SSSR count). The number of nitrogens with zero attached hydrogens (tertiary/aromatic N) is 1. The van der Waals surface area contributed by atoms with Gasteiger partial charge in [-0.2, -0.15) is 0 Å². The fourth-order valence-corrected chi connectivity index (χ4v) is 2.73. The highest BCUT2D eigenvalue weighted by atomic mass is 32.2. The second-order valence-corrected chi connectivity index (χ2v) is 5.92. The molecule has 1 aromatic heterocycles. The lowest BCUT2D eigenvalue weighted by Gasteiger charge is -2.03. The lowest BCUT2D eigenvalue weighted by molar-refractivity contribution is 0.627. The Kier molecular flexibility index (Phi) is 8.01. The summed E-state index contributed by atoms with van der Waals surface area (Å²) in [4.78, 5) is 4.76. The number of aromatic nitrogens is 1.